The second kappa shape index (κ2) is 6.73. The molecule has 1 heterocycles. The van der Waals surface area contributed by atoms with Gasteiger partial charge in [-0.1, -0.05) is 15.9 Å². The van der Waals surface area contributed by atoms with E-state index >= 15 is 0 Å². The molecule has 0 aliphatic carbocycles. The van der Waals surface area contributed by atoms with E-state index in [4.69, 9.17) is 0 Å². The minimum atomic E-state index is -0.342. The zero-order valence-electron chi connectivity index (χ0n) is 13.1. The van der Waals surface area contributed by atoms with Crippen LogP contribution in [-0.2, 0) is 17.8 Å². The van der Waals surface area contributed by atoms with Gasteiger partial charge in [-0.3, -0.25) is 9.59 Å². The van der Waals surface area contributed by atoms with Crippen LogP contribution in [0.25, 0.3) is 0 Å². The smallest absolute Gasteiger partial charge is 0.253 e. The first-order valence-electron chi connectivity index (χ1n) is 7.56. The maximum atomic E-state index is 13.9. The fraction of sp³-hybridized carbons (Fsp3) is 0.222. The van der Waals surface area contributed by atoms with E-state index in [0.717, 1.165) is 15.7 Å². The van der Waals surface area contributed by atoms with E-state index < -0.39 is 0 Å². The topological polar surface area (TPSA) is 49.4 Å². The lowest BCUT2D eigenvalue weighted by Gasteiger charge is -2.21. The van der Waals surface area contributed by atoms with E-state index in [0.29, 0.717) is 24.0 Å². The molecule has 4 nitrogen and oxygen atoms in total. The molecule has 0 saturated heterocycles. The molecule has 0 saturated carbocycles. The molecule has 1 N–H and O–H groups in total. The van der Waals surface area contributed by atoms with E-state index in [1.54, 1.807) is 37.4 Å². The quantitative estimate of drug-likeness (QED) is 0.867. The van der Waals surface area contributed by atoms with Crippen LogP contribution in [0.4, 0.5) is 10.1 Å². The molecule has 0 atom stereocenters. The van der Waals surface area contributed by atoms with Crippen LogP contribution in [0.2, 0.25) is 0 Å². The lowest BCUT2D eigenvalue weighted by atomic mass is 10.00. The SMILES string of the molecule is CN(Cc1cc(Br)ccc1F)C(=O)c1ccc2c(c1)CCC(=O)N2. The molecular formula is C18H16BrFN2O2. The minimum absolute atomic E-state index is 0.0103. The molecule has 2 amide bonds. The molecule has 2 aromatic carbocycles. The number of anilines is 1. The van der Waals surface area contributed by atoms with Gasteiger partial charge in [0.1, 0.15) is 5.82 Å². The van der Waals surface area contributed by atoms with Crippen LogP contribution in [0.3, 0.4) is 0 Å². The van der Waals surface area contributed by atoms with Crippen molar-refractivity contribution in [3.63, 3.8) is 0 Å². The first-order chi connectivity index (χ1) is 11.4. The van der Waals surface area contributed by atoms with Gasteiger partial charge in [-0.05, 0) is 48.4 Å². The van der Waals surface area contributed by atoms with Gasteiger partial charge in [0.05, 0.1) is 0 Å². The van der Waals surface area contributed by atoms with Gasteiger partial charge in [0.15, 0.2) is 0 Å². The Morgan fingerprint density at radius 1 is 1.25 bits per heavy atom. The molecule has 0 radical (unpaired) electrons. The molecule has 0 unspecified atom stereocenters. The maximum absolute atomic E-state index is 13.9. The van der Waals surface area contributed by atoms with Crippen LogP contribution in [0.5, 0.6) is 0 Å². The minimum Gasteiger partial charge on any atom is -0.337 e. The molecular weight excluding hydrogens is 375 g/mol. The van der Waals surface area contributed by atoms with Gasteiger partial charge in [-0.15, -0.1) is 0 Å². The van der Waals surface area contributed by atoms with Crippen LogP contribution in [0, 0.1) is 5.82 Å². The van der Waals surface area contributed by atoms with Crippen molar-refractivity contribution in [2.75, 3.05) is 12.4 Å². The largest absolute Gasteiger partial charge is 0.337 e. The molecule has 0 bridgehead atoms. The zero-order chi connectivity index (χ0) is 17.3. The summed E-state index contributed by atoms with van der Waals surface area (Å²) in [7, 11) is 1.64. The lowest BCUT2D eigenvalue weighted by Crippen LogP contribution is -2.27. The summed E-state index contributed by atoms with van der Waals surface area (Å²) in [4.78, 5) is 25.5. The van der Waals surface area contributed by atoms with E-state index in [-0.39, 0.29) is 24.2 Å². The Labute approximate surface area is 147 Å². The summed E-state index contributed by atoms with van der Waals surface area (Å²) in [6.45, 7) is 0.178. The number of nitrogens with zero attached hydrogens (tertiary/aromatic N) is 1. The fourth-order valence-corrected chi connectivity index (χ4v) is 3.14. The predicted octanol–water partition coefficient (Wildman–Crippen LogP) is 3.75. The average molecular weight is 391 g/mol. The van der Waals surface area contributed by atoms with Crippen molar-refractivity contribution >= 4 is 33.4 Å². The molecule has 6 heteroatoms. The number of fused-ring (bicyclic) bond motifs is 1. The van der Waals surface area contributed by atoms with Crippen LogP contribution >= 0.6 is 15.9 Å². The Kier molecular flexibility index (Phi) is 4.66. The third-order valence-electron chi connectivity index (χ3n) is 4.01. The third-order valence-corrected chi connectivity index (χ3v) is 4.50. The average Bonchev–Trinajstić information content (AvgIpc) is 2.57. The number of carbonyl (C=O) groups is 2. The fourth-order valence-electron chi connectivity index (χ4n) is 2.73. The van der Waals surface area contributed by atoms with Gasteiger partial charge in [0.25, 0.3) is 5.91 Å². The summed E-state index contributed by atoms with van der Waals surface area (Å²) in [5.74, 6) is -0.538. The van der Waals surface area contributed by atoms with Crippen molar-refractivity contribution < 1.29 is 14.0 Å². The summed E-state index contributed by atoms with van der Waals surface area (Å²) in [6, 6.07) is 9.89. The second-order valence-electron chi connectivity index (χ2n) is 5.82. The lowest BCUT2D eigenvalue weighted by molar-refractivity contribution is -0.116. The standard InChI is InChI=1S/C18H16BrFN2O2/c1-22(10-13-9-14(19)4-5-15(13)20)18(24)12-2-6-16-11(8-12)3-7-17(23)21-16/h2,4-6,8-9H,3,7,10H2,1H3,(H,21,23). The molecule has 124 valence electrons. The maximum Gasteiger partial charge on any atom is 0.253 e. The number of amides is 2. The summed E-state index contributed by atoms with van der Waals surface area (Å²) in [5, 5.41) is 2.79. The molecule has 0 aromatic heterocycles. The second-order valence-corrected chi connectivity index (χ2v) is 6.73. The van der Waals surface area contributed by atoms with Crippen molar-refractivity contribution in [3.8, 4) is 0 Å². The summed E-state index contributed by atoms with van der Waals surface area (Å²) in [5.41, 5.74) is 2.68. The van der Waals surface area contributed by atoms with Gasteiger partial charge in [-0.25, -0.2) is 4.39 Å². The monoisotopic (exact) mass is 390 g/mol. The van der Waals surface area contributed by atoms with Crippen LogP contribution in [0.15, 0.2) is 40.9 Å². The number of halogens is 2. The summed E-state index contributed by atoms with van der Waals surface area (Å²) in [6.07, 6.45) is 1.04. The number of benzene rings is 2. The molecule has 1 aliphatic heterocycles. The van der Waals surface area contributed by atoms with E-state index in [1.165, 1.54) is 11.0 Å². The van der Waals surface area contributed by atoms with Crippen molar-refractivity contribution in [2.24, 2.45) is 0 Å². The highest BCUT2D eigenvalue weighted by Crippen LogP contribution is 2.24. The number of nitrogens with one attached hydrogen (secondary N) is 1. The Morgan fingerprint density at radius 3 is 2.83 bits per heavy atom. The number of carbonyl (C=O) groups excluding carboxylic acids is 2. The van der Waals surface area contributed by atoms with Gasteiger partial charge >= 0.3 is 0 Å². The van der Waals surface area contributed by atoms with Gasteiger partial charge in [0.2, 0.25) is 5.91 Å². The first-order valence-corrected chi connectivity index (χ1v) is 8.35. The Morgan fingerprint density at radius 2 is 2.04 bits per heavy atom. The first kappa shape index (κ1) is 16.6. The van der Waals surface area contributed by atoms with Crippen LogP contribution < -0.4 is 5.32 Å². The van der Waals surface area contributed by atoms with Gasteiger partial charge < -0.3 is 10.2 Å². The van der Waals surface area contributed by atoms with Crippen molar-refractivity contribution in [2.45, 2.75) is 19.4 Å². The normalized spacial score (nSPS) is 13.2. The van der Waals surface area contributed by atoms with E-state index in [9.17, 15) is 14.0 Å². The van der Waals surface area contributed by atoms with E-state index in [2.05, 4.69) is 21.2 Å². The van der Waals surface area contributed by atoms with E-state index in [1.807, 2.05) is 0 Å². The number of hydrogen-bond donors (Lipinski definition) is 1. The predicted molar refractivity (Wildman–Crippen MR) is 93.3 cm³/mol. The molecule has 2 aromatic rings. The Balaban J connectivity index is 1.78. The van der Waals surface area contributed by atoms with Gasteiger partial charge in [-0.2, -0.15) is 0 Å². The Hall–Kier alpha value is -2.21. The number of aryl methyl sites for hydroxylation is 1. The van der Waals surface area contributed by atoms with Crippen molar-refractivity contribution in [1.82, 2.24) is 4.90 Å². The third kappa shape index (κ3) is 3.48. The molecule has 3 rings (SSSR count). The molecule has 0 spiro atoms. The van der Waals surface area contributed by atoms with Crippen LogP contribution in [-0.4, -0.2) is 23.8 Å². The van der Waals surface area contributed by atoms with Crippen molar-refractivity contribution in [3.05, 3.63) is 63.4 Å². The molecule has 0 fully saturated rings. The number of rotatable bonds is 3. The Bertz CT molecular complexity index is 823. The number of hydrogen-bond acceptors (Lipinski definition) is 2. The van der Waals surface area contributed by atoms with Crippen molar-refractivity contribution in [1.29, 1.82) is 0 Å². The summed E-state index contributed by atoms with van der Waals surface area (Å²) < 4.78 is 14.6. The van der Waals surface area contributed by atoms with Crippen LogP contribution in [0.1, 0.15) is 27.9 Å². The van der Waals surface area contributed by atoms with Gasteiger partial charge in [0, 0.05) is 41.3 Å². The molecule has 1 aliphatic rings. The highest BCUT2D eigenvalue weighted by molar-refractivity contribution is 9.10. The summed E-state index contributed by atoms with van der Waals surface area (Å²) >= 11 is 3.31. The highest BCUT2D eigenvalue weighted by atomic mass is 79.9. The zero-order valence-corrected chi connectivity index (χ0v) is 14.7. The molecule has 24 heavy (non-hydrogen) atoms. The highest BCUT2D eigenvalue weighted by Gasteiger charge is 2.19.